The van der Waals surface area contributed by atoms with E-state index in [0.717, 1.165) is 31.2 Å². The first-order chi connectivity index (χ1) is 11.6. The third kappa shape index (κ3) is 3.83. The molecule has 0 aliphatic carbocycles. The molecule has 0 aliphatic heterocycles. The lowest BCUT2D eigenvalue weighted by molar-refractivity contribution is -0.114. The van der Waals surface area contributed by atoms with Crippen LogP contribution < -0.4 is 5.32 Å². The van der Waals surface area contributed by atoms with Crippen molar-refractivity contribution in [1.82, 2.24) is 9.78 Å². The van der Waals surface area contributed by atoms with Gasteiger partial charge in [-0.1, -0.05) is 57.0 Å². The maximum absolute atomic E-state index is 11.6. The molecular weight excluding hydrogens is 300 g/mol. The Morgan fingerprint density at radius 3 is 2.58 bits per heavy atom. The van der Waals surface area contributed by atoms with E-state index in [9.17, 15) is 10.1 Å². The third-order valence-corrected chi connectivity index (χ3v) is 4.07. The van der Waals surface area contributed by atoms with Gasteiger partial charge in [0.1, 0.15) is 23.1 Å². The van der Waals surface area contributed by atoms with E-state index in [1.165, 1.54) is 6.92 Å². The Bertz CT molecular complexity index is 728. The number of carbonyl (C=O) groups is 1. The van der Waals surface area contributed by atoms with Crippen molar-refractivity contribution in [3.8, 4) is 17.3 Å². The van der Waals surface area contributed by atoms with Gasteiger partial charge in [0.15, 0.2) is 0 Å². The first-order valence-corrected chi connectivity index (χ1v) is 8.47. The highest BCUT2D eigenvalue weighted by Gasteiger charge is 2.23. The number of benzene rings is 1. The van der Waals surface area contributed by atoms with Crippen LogP contribution in [0.2, 0.25) is 0 Å². The molecule has 0 spiro atoms. The molecule has 0 fully saturated rings. The van der Waals surface area contributed by atoms with E-state index >= 15 is 0 Å². The second-order valence-electron chi connectivity index (χ2n) is 5.88. The normalized spacial score (nSPS) is 11.8. The van der Waals surface area contributed by atoms with Crippen LogP contribution in [0, 0.1) is 11.3 Å². The summed E-state index contributed by atoms with van der Waals surface area (Å²) in [6.45, 7) is 5.71. The van der Waals surface area contributed by atoms with Gasteiger partial charge in [0.05, 0.1) is 6.04 Å². The molecule has 5 heteroatoms. The van der Waals surface area contributed by atoms with Gasteiger partial charge in [0.2, 0.25) is 5.91 Å². The summed E-state index contributed by atoms with van der Waals surface area (Å²) in [5, 5.41) is 17.2. The van der Waals surface area contributed by atoms with Crippen LogP contribution in [0.15, 0.2) is 30.3 Å². The molecule has 2 aromatic rings. The summed E-state index contributed by atoms with van der Waals surface area (Å²) < 4.78 is 1.83. The number of amides is 1. The topological polar surface area (TPSA) is 70.7 Å². The first-order valence-electron chi connectivity index (χ1n) is 8.47. The van der Waals surface area contributed by atoms with Crippen LogP contribution in [-0.2, 0) is 4.79 Å². The number of unbranched alkanes of at least 4 members (excludes halogenated alkanes) is 1. The number of hydrogen-bond donors (Lipinski definition) is 1. The van der Waals surface area contributed by atoms with E-state index < -0.39 is 0 Å². The Balaban J connectivity index is 2.58. The summed E-state index contributed by atoms with van der Waals surface area (Å²) in [5.74, 6) is 0.310. The van der Waals surface area contributed by atoms with Crippen molar-refractivity contribution in [3.05, 3.63) is 35.9 Å². The monoisotopic (exact) mass is 324 g/mol. The highest BCUT2D eigenvalue weighted by Crippen LogP contribution is 2.32. The Kier molecular flexibility index (Phi) is 6.14. The van der Waals surface area contributed by atoms with Crippen molar-refractivity contribution in [1.29, 1.82) is 5.26 Å². The van der Waals surface area contributed by atoms with Crippen molar-refractivity contribution in [2.75, 3.05) is 5.32 Å². The molecule has 0 saturated heterocycles. The number of rotatable bonds is 7. The molecule has 1 amide bonds. The average molecular weight is 324 g/mol. The smallest absolute Gasteiger partial charge is 0.222 e. The summed E-state index contributed by atoms with van der Waals surface area (Å²) in [6, 6.07) is 12.0. The van der Waals surface area contributed by atoms with Gasteiger partial charge in [-0.3, -0.25) is 4.79 Å². The van der Waals surface area contributed by atoms with Gasteiger partial charge in [-0.15, -0.1) is 0 Å². The van der Waals surface area contributed by atoms with Gasteiger partial charge in [-0.25, -0.2) is 4.68 Å². The van der Waals surface area contributed by atoms with E-state index in [1.54, 1.807) is 0 Å². The lowest BCUT2D eigenvalue weighted by atomic mass is 10.1. The van der Waals surface area contributed by atoms with Crippen molar-refractivity contribution >= 4 is 11.7 Å². The molecule has 2 rings (SSSR count). The minimum atomic E-state index is -0.197. The number of hydrogen-bond acceptors (Lipinski definition) is 3. The number of nitriles is 1. The SMILES string of the molecule is CCCCC(CC)n1nc(-c2ccccc2)c(C#N)c1NC(C)=O. The molecule has 1 N–H and O–H groups in total. The van der Waals surface area contributed by atoms with E-state index in [1.807, 2.05) is 35.0 Å². The van der Waals surface area contributed by atoms with E-state index in [4.69, 9.17) is 5.10 Å². The molecule has 1 heterocycles. The molecule has 1 aromatic carbocycles. The zero-order valence-corrected chi connectivity index (χ0v) is 14.5. The van der Waals surface area contributed by atoms with Gasteiger partial charge in [0.25, 0.3) is 0 Å². The molecular formula is C19H24N4O. The molecule has 0 bridgehead atoms. The maximum atomic E-state index is 11.6. The van der Waals surface area contributed by atoms with Gasteiger partial charge in [0, 0.05) is 12.5 Å². The predicted octanol–water partition coefficient (Wildman–Crippen LogP) is 4.52. The Hall–Kier alpha value is -2.61. The van der Waals surface area contributed by atoms with E-state index in [-0.39, 0.29) is 11.9 Å². The van der Waals surface area contributed by atoms with Gasteiger partial charge in [-0.05, 0) is 12.8 Å². The zero-order chi connectivity index (χ0) is 17.5. The van der Waals surface area contributed by atoms with Crippen molar-refractivity contribution in [2.45, 2.75) is 52.5 Å². The van der Waals surface area contributed by atoms with Crippen LogP contribution in [0.4, 0.5) is 5.82 Å². The number of carbonyl (C=O) groups excluding carboxylic acids is 1. The van der Waals surface area contributed by atoms with E-state index in [0.29, 0.717) is 17.1 Å². The Labute approximate surface area is 143 Å². The molecule has 1 atom stereocenters. The van der Waals surface area contributed by atoms with Crippen LogP contribution >= 0.6 is 0 Å². The highest BCUT2D eigenvalue weighted by molar-refractivity contribution is 5.91. The number of nitrogens with one attached hydrogen (secondary N) is 1. The molecule has 0 radical (unpaired) electrons. The van der Waals surface area contributed by atoms with Crippen LogP contribution in [0.25, 0.3) is 11.3 Å². The summed E-state index contributed by atoms with van der Waals surface area (Å²) in [7, 11) is 0. The molecule has 0 aliphatic rings. The largest absolute Gasteiger partial charge is 0.310 e. The van der Waals surface area contributed by atoms with Crippen LogP contribution in [-0.4, -0.2) is 15.7 Å². The second-order valence-corrected chi connectivity index (χ2v) is 5.88. The molecule has 24 heavy (non-hydrogen) atoms. The highest BCUT2D eigenvalue weighted by atomic mass is 16.1. The molecule has 1 aromatic heterocycles. The number of nitrogens with zero attached hydrogens (tertiary/aromatic N) is 3. The lowest BCUT2D eigenvalue weighted by Crippen LogP contribution is -2.17. The quantitative estimate of drug-likeness (QED) is 0.814. The molecule has 0 saturated carbocycles. The molecule has 1 unspecified atom stereocenters. The summed E-state index contributed by atoms with van der Waals surface area (Å²) in [4.78, 5) is 11.6. The zero-order valence-electron chi connectivity index (χ0n) is 14.5. The van der Waals surface area contributed by atoms with Crippen molar-refractivity contribution in [2.24, 2.45) is 0 Å². The third-order valence-electron chi connectivity index (χ3n) is 4.07. The average Bonchev–Trinajstić information content (AvgIpc) is 2.94. The summed E-state index contributed by atoms with van der Waals surface area (Å²) in [5.41, 5.74) is 1.92. The van der Waals surface area contributed by atoms with Crippen molar-refractivity contribution in [3.63, 3.8) is 0 Å². The van der Waals surface area contributed by atoms with Gasteiger partial charge < -0.3 is 5.32 Å². The Morgan fingerprint density at radius 1 is 1.33 bits per heavy atom. The Morgan fingerprint density at radius 2 is 2.04 bits per heavy atom. The fourth-order valence-electron chi connectivity index (χ4n) is 2.83. The summed E-state index contributed by atoms with van der Waals surface area (Å²) in [6.07, 6.45) is 4.05. The fourth-order valence-corrected chi connectivity index (χ4v) is 2.83. The number of anilines is 1. The maximum Gasteiger partial charge on any atom is 0.222 e. The standard InChI is InChI=1S/C19H24N4O/c1-4-6-12-16(5-2)23-19(21-14(3)24)17(13-20)18(22-23)15-10-8-7-9-11-15/h7-11,16H,4-6,12H2,1-3H3,(H,21,24). The van der Waals surface area contributed by atoms with Crippen LogP contribution in [0.1, 0.15) is 58.1 Å². The summed E-state index contributed by atoms with van der Waals surface area (Å²) >= 11 is 0. The predicted molar refractivity (Wildman–Crippen MR) is 95.5 cm³/mol. The lowest BCUT2D eigenvalue weighted by Gasteiger charge is -2.18. The van der Waals surface area contributed by atoms with Gasteiger partial charge in [-0.2, -0.15) is 10.4 Å². The second kappa shape index (κ2) is 8.30. The first kappa shape index (κ1) is 17.7. The van der Waals surface area contributed by atoms with Crippen LogP contribution in [0.3, 0.4) is 0 Å². The molecule has 126 valence electrons. The minimum absolute atomic E-state index is 0.163. The van der Waals surface area contributed by atoms with Crippen LogP contribution in [0.5, 0.6) is 0 Å². The number of aromatic nitrogens is 2. The van der Waals surface area contributed by atoms with E-state index in [2.05, 4.69) is 25.2 Å². The fraction of sp³-hybridized carbons (Fsp3) is 0.421. The molecule has 5 nitrogen and oxygen atoms in total. The van der Waals surface area contributed by atoms with Gasteiger partial charge >= 0.3 is 0 Å². The minimum Gasteiger partial charge on any atom is -0.310 e. The van der Waals surface area contributed by atoms with Crippen molar-refractivity contribution < 1.29 is 4.79 Å².